The molecule has 5 nitrogen and oxygen atoms in total. The lowest BCUT2D eigenvalue weighted by atomic mass is 9.78. The van der Waals surface area contributed by atoms with Crippen LogP contribution in [0.2, 0.25) is 0 Å². The summed E-state index contributed by atoms with van der Waals surface area (Å²) < 4.78 is 11.6. The van der Waals surface area contributed by atoms with Crippen molar-refractivity contribution in [3.05, 3.63) is 24.3 Å². The number of anilines is 1. The molecule has 0 aromatic heterocycles. The fraction of sp³-hybridized carbons (Fsp3) is 0.696. The number of likely N-dealkylation sites (tertiary alicyclic amines) is 1. The van der Waals surface area contributed by atoms with E-state index in [1.807, 2.05) is 24.3 Å². The number of amides is 1. The van der Waals surface area contributed by atoms with Gasteiger partial charge >= 0.3 is 0 Å². The number of carbonyl (C=O) groups is 1. The molecule has 1 saturated heterocycles. The fourth-order valence-electron chi connectivity index (χ4n) is 4.64. The van der Waals surface area contributed by atoms with E-state index in [1.54, 1.807) is 7.11 Å². The second-order valence-electron chi connectivity index (χ2n) is 8.61. The molecule has 1 aliphatic heterocycles. The molecule has 3 rings (SSSR count). The second-order valence-corrected chi connectivity index (χ2v) is 8.61. The van der Waals surface area contributed by atoms with E-state index in [0.717, 1.165) is 37.2 Å². The molecule has 3 atom stereocenters. The first kappa shape index (κ1) is 21.1. The molecule has 1 heterocycles. The number of hydrogen-bond donors (Lipinski definition) is 1. The van der Waals surface area contributed by atoms with Crippen LogP contribution in [0.3, 0.4) is 0 Å². The van der Waals surface area contributed by atoms with Crippen molar-refractivity contribution < 1.29 is 14.3 Å². The van der Waals surface area contributed by atoms with Gasteiger partial charge in [0, 0.05) is 25.4 Å². The van der Waals surface area contributed by atoms with Crippen LogP contribution in [-0.4, -0.2) is 49.3 Å². The predicted molar refractivity (Wildman–Crippen MR) is 113 cm³/mol. The molecule has 1 N–H and O–H groups in total. The SMILES string of the molecule is CO[C@]1(C(=O)Nc2ccc(OCCN3CCCC[C@@H]3C)cc2)CCC[C@@H](C)C1. The summed E-state index contributed by atoms with van der Waals surface area (Å²) in [6, 6.07) is 8.33. The summed E-state index contributed by atoms with van der Waals surface area (Å²) in [5.41, 5.74) is 0.0921. The number of hydrogen-bond acceptors (Lipinski definition) is 4. The highest BCUT2D eigenvalue weighted by Gasteiger charge is 2.41. The molecule has 1 aromatic rings. The largest absolute Gasteiger partial charge is 0.492 e. The van der Waals surface area contributed by atoms with Crippen molar-refractivity contribution in [3.8, 4) is 5.75 Å². The molecule has 0 unspecified atom stereocenters. The van der Waals surface area contributed by atoms with E-state index < -0.39 is 5.60 Å². The number of piperidine rings is 1. The van der Waals surface area contributed by atoms with Gasteiger partial charge in [0.25, 0.3) is 5.91 Å². The van der Waals surface area contributed by atoms with E-state index >= 15 is 0 Å². The summed E-state index contributed by atoms with van der Waals surface area (Å²) in [4.78, 5) is 15.4. The van der Waals surface area contributed by atoms with Crippen LogP contribution in [0.1, 0.15) is 58.8 Å². The van der Waals surface area contributed by atoms with Crippen LogP contribution in [0, 0.1) is 5.92 Å². The van der Waals surface area contributed by atoms with Crippen molar-refractivity contribution in [1.29, 1.82) is 0 Å². The molecule has 0 spiro atoms. The summed E-state index contributed by atoms with van der Waals surface area (Å²) >= 11 is 0. The van der Waals surface area contributed by atoms with Gasteiger partial charge in [0.1, 0.15) is 18.0 Å². The maximum absolute atomic E-state index is 12.9. The van der Waals surface area contributed by atoms with Gasteiger partial charge in [-0.15, -0.1) is 0 Å². The summed E-state index contributed by atoms with van der Waals surface area (Å²) in [5, 5.41) is 3.04. The van der Waals surface area contributed by atoms with Gasteiger partial charge in [-0.3, -0.25) is 9.69 Å². The van der Waals surface area contributed by atoms with Gasteiger partial charge < -0.3 is 14.8 Å². The zero-order chi connectivity index (χ0) is 20.0. The van der Waals surface area contributed by atoms with Crippen molar-refractivity contribution in [2.75, 3.05) is 32.1 Å². The van der Waals surface area contributed by atoms with E-state index in [2.05, 4.69) is 24.1 Å². The first-order valence-corrected chi connectivity index (χ1v) is 10.9. The fourth-order valence-corrected chi connectivity index (χ4v) is 4.64. The van der Waals surface area contributed by atoms with Gasteiger partial charge in [0.15, 0.2) is 0 Å². The number of ether oxygens (including phenoxy) is 2. The van der Waals surface area contributed by atoms with E-state index in [0.29, 0.717) is 18.6 Å². The first-order valence-electron chi connectivity index (χ1n) is 10.9. The molecule has 0 radical (unpaired) electrons. The highest BCUT2D eigenvalue weighted by Crippen LogP contribution is 2.35. The molecule has 28 heavy (non-hydrogen) atoms. The molecule has 1 aliphatic carbocycles. The summed E-state index contributed by atoms with van der Waals surface area (Å²) in [5.74, 6) is 1.32. The monoisotopic (exact) mass is 388 g/mol. The van der Waals surface area contributed by atoms with Crippen molar-refractivity contribution in [2.24, 2.45) is 5.92 Å². The Kier molecular flexibility index (Phi) is 7.36. The minimum atomic E-state index is -0.696. The van der Waals surface area contributed by atoms with Crippen LogP contribution in [0.25, 0.3) is 0 Å². The summed E-state index contributed by atoms with van der Waals surface area (Å²) in [7, 11) is 1.65. The normalized spacial score (nSPS) is 28.7. The van der Waals surface area contributed by atoms with Crippen molar-refractivity contribution >= 4 is 11.6 Å². The van der Waals surface area contributed by atoms with Crippen LogP contribution in [-0.2, 0) is 9.53 Å². The Morgan fingerprint density at radius 1 is 1.18 bits per heavy atom. The van der Waals surface area contributed by atoms with E-state index in [-0.39, 0.29) is 5.91 Å². The summed E-state index contributed by atoms with van der Waals surface area (Å²) in [6.07, 6.45) is 7.69. The molecule has 1 amide bonds. The zero-order valence-electron chi connectivity index (χ0n) is 17.7. The quantitative estimate of drug-likeness (QED) is 0.748. The predicted octanol–water partition coefficient (Wildman–Crippen LogP) is 4.47. The number of benzene rings is 1. The number of rotatable bonds is 7. The zero-order valence-corrected chi connectivity index (χ0v) is 17.7. The highest BCUT2D eigenvalue weighted by atomic mass is 16.5. The third kappa shape index (κ3) is 5.26. The van der Waals surface area contributed by atoms with Gasteiger partial charge in [-0.05, 0) is 75.8 Å². The Labute approximate surface area is 169 Å². The van der Waals surface area contributed by atoms with Gasteiger partial charge in [0.05, 0.1) is 0 Å². The van der Waals surface area contributed by atoms with Crippen LogP contribution in [0.15, 0.2) is 24.3 Å². The van der Waals surface area contributed by atoms with Gasteiger partial charge in [-0.1, -0.05) is 19.8 Å². The Balaban J connectivity index is 1.49. The minimum Gasteiger partial charge on any atom is -0.492 e. The third-order valence-electron chi connectivity index (χ3n) is 6.46. The van der Waals surface area contributed by atoms with Gasteiger partial charge in [-0.25, -0.2) is 0 Å². The Bertz CT molecular complexity index is 633. The highest BCUT2D eigenvalue weighted by molar-refractivity contribution is 5.97. The number of carbonyl (C=O) groups excluding carboxylic acids is 1. The molecular weight excluding hydrogens is 352 g/mol. The smallest absolute Gasteiger partial charge is 0.256 e. The molecule has 156 valence electrons. The average Bonchev–Trinajstić information content (AvgIpc) is 2.70. The average molecular weight is 389 g/mol. The van der Waals surface area contributed by atoms with Crippen LogP contribution in [0.5, 0.6) is 5.75 Å². The molecule has 2 aliphatic rings. The maximum Gasteiger partial charge on any atom is 0.256 e. The van der Waals surface area contributed by atoms with Crippen LogP contribution >= 0.6 is 0 Å². The topological polar surface area (TPSA) is 50.8 Å². The lowest BCUT2D eigenvalue weighted by molar-refractivity contribution is -0.143. The molecule has 1 saturated carbocycles. The van der Waals surface area contributed by atoms with E-state index in [1.165, 1.54) is 32.2 Å². The van der Waals surface area contributed by atoms with Crippen molar-refractivity contribution in [1.82, 2.24) is 4.90 Å². The Hall–Kier alpha value is -1.59. The third-order valence-corrected chi connectivity index (χ3v) is 6.46. The van der Waals surface area contributed by atoms with E-state index in [4.69, 9.17) is 9.47 Å². The standard InChI is InChI=1S/C23H36N2O3/c1-18-7-6-13-23(17-18,27-3)22(26)24-20-9-11-21(12-10-20)28-16-15-25-14-5-4-8-19(25)2/h9-12,18-19H,4-8,13-17H2,1-3H3,(H,24,26)/t18-,19+,23-/m1/s1. The van der Waals surface area contributed by atoms with Crippen LogP contribution in [0.4, 0.5) is 5.69 Å². The molecule has 0 bridgehead atoms. The van der Waals surface area contributed by atoms with Crippen molar-refractivity contribution in [3.63, 3.8) is 0 Å². The molecular formula is C23H36N2O3. The van der Waals surface area contributed by atoms with Crippen LogP contribution < -0.4 is 10.1 Å². The number of nitrogens with zero attached hydrogens (tertiary/aromatic N) is 1. The lowest BCUT2D eigenvalue weighted by Gasteiger charge is -2.37. The van der Waals surface area contributed by atoms with E-state index in [9.17, 15) is 4.79 Å². The molecule has 2 fully saturated rings. The maximum atomic E-state index is 12.9. The first-order chi connectivity index (χ1) is 13.5. The Morgan fingerprint density at radius 2 is 1.96 bits per heavy atom. The van der Waals surface area contributed by atoms with Gasteiger partial charge in [0.2, 0.25) is 0 Å². The molecule has 5 heteroatoms. The lowest BCUT2D eigenvalue weighted by Crippen LogP contribution is -2.47. The number of methoxy groups -OCH3 is 1. The van der Waals surface area contributed by atoms with Gasteiger partial charge in [-0.2, -0.15) is 0 Å². The van der Waals surface area contributed by atoms with Crippen molar-refractivity contribution in [2.45, 2.75) is 70.4 Å². The summed E-state index contributed by atoms with van der Waals surface area (Å²) in [6.45, 7) is 7.33. The molecule has 1 aromatic carbocycles. The second kappa shape index (κ2) is 9.75. The minimum absolute atomic E-state index is 0.0331. The Morgan fingerprint density at radius 3 is 2.64 bits per heavy atom. The number of nitrogens with one attached hydrogen (secondary N) is 1.